The molecule has 0 aliphatic rings. The minimum atomic E-state index is -0.472. The van der Waals surface area contributed by atoms with E-state index in [9.17, 15) is 5.11 Å². The maximum atomic E-state index is 9.57. The number of ether oxygens (including phenoxy) is 2. The van der Waals surface area contributed by atoms with Crippen molar-refractivity contribution in [3.8, 4) is 11.5 Å². The minimum Gasteiger partial charge on any atom is -0.497 e. The molecular weight excluding hydrogens is 266 g/mol. The van der Waals surface area contributed by atoms with Gasteiger partial charge in [-0.3, -0.25) is 4.98 Å². The van der Waals surface area contributed by atoms with Crippen LogP contribution in [-0.4, -0.2) is 17.2 Å². The van der Waals surface area contributed by atoms with Crippen LogP contribution in [0.1, 0.15) is 35.5 Å². The molecule has 1 N–H and O–H groups in total. The second kappa shape index (κ2) is 6.59. The van der Waals surface area contributed by atoms with E-state index in [-0.39, 0.29) is 0 Å². The Morgan fingerprint density at radius 3 is 2.57 bits per heavy atom. The highest BCUT2D eigenvalue weighted by molar-refractivity contribution is 5.37. The lowest BCUT2D eigenvalue weighted by Crippen LogP contribution is -2.02. The number of aliphatic hydroxyl groups is 1. The predicted molar refractivity (Wildman–Crippen MR) is 81.7 cm³/mol. The summed E-state index contributed by atoms with van der Waals surface area (Å²) in [6, 6.07) is 9.44. The van der Waals surface area contributed by atoms with Crippen molar-refractivity contribution in [2.45, 2.75) is 33.5 Å². The topological polar surface area (TPSA) is 51.6 Å². The summed E-state index contributed by atoms with van der Waals surface area (Å²) in [6.45, 7) is 6.02. The van der Waals surface area contributed by atoms with Crippen LogP contribution < -0.4 is 9.47 Å². The van der Waals surface area contributed by atoms with Crippen LogP contribution in [0.5, 0.6) is 11.5 Å². The number of aliphatic hydroxyl groups excluding tert-OH is 1. The van der Waals surface area contributed by atoms with Crippen LogP contribution in [-0.2, 0) is 6.61 Å². The lowest BCUT2D eigenvalue weighted by atomic mass is 10.1. The molecule has 0 saturated heterocycles. The van der Waals surface area contributed by atoms with Gasteiger partial charge < -0.3 is 14.6 Å². The van der Waals surface area contributed by atoms with Gasteiger partial charge in [-0.1, -0.05) is 6.07 Å². The Morgan fingerprint density at radius 2 is 1.95 bits per heavy atom. The molecule has 0 saturated carbocycles. The van der Waals surface area contributed by atoms with E-state index in [0.29, 0.717) is 6.61 Å². The molecule has 0 spiro atoms. The summed E-state index contributed by atoms with van der Waals surface area (Å²) in [4.78, 5) is 4.43. The van der Waals surface area contributed by atoms with E-state index in [0.717, 1.165) is 34.0 Å². The Bertz CT molecular complexity index is 623. The Labute approximate surface area is 125 Å². The van der Waals surface area contributed by atoms with Gasteiger partial charge in [0.2, 0.25) is 0 Å². The molecule has 0 amide bonds. The van der Waals surface area contributed by atoms with Crippen LogP contribution in [0.15, 0.2) is 30.3 Å². The van der Waals surface area contributed by atoms with Crippen LogP contribution in [0.2, 0.25) is 0 Å². The summed E-state index contributed by atoms with van der Waals surface area (Å²) in [7, 11) is 1.64. The third kappa shape index (κ3) is 3.95. The molecule has 1 unspecified atom stereocenters. The summed E-state index contributed by atoms with van der Waals surface area (Å²) in [5, 5.41) is 9.57. The fraction of sp³-hybridized carbons (Fsp3) is 0.353. The zero-order chi connectivity index (χ0) is 15.4. The number of hydrogen-bond donors (Lipinski definition) is 1. The molecule has 2 rings (SSSR count). The van der Waals surface area contributed by atoms with Crippen molar-refractivity contribution in [3.63, 3.8) is 0 Å². The number of rotatable bonds is 5. The normalized spacial score (nSPS) is 12.0. The highest BCUT2D eigenvalue weighted by atomic mass is 16.5. The monoisotopic (exact) mass is 287 g/mol. The molecule has 0 aliphatic heterocycles. The fourth-order valence-electron chi connectivity index (χ4n) is 2.14. The van der Waals surface area contributed by atoms with Gasteiger partial charge >= 0.3 is 0 Å². The van der Waals surface area contributed by atoms with Crippen molar-refractivity contribution >= 4 is 0 Å². The quantitative estimate of drug-likeness (QED) is 0.916. The van der Waals surface area contributed by atoms with Gasteiger partial charge in [0, 0.05) is 17.8 Å². The van der Waals surface area contributed by atoms with Gasteiger partial charge in [-0.15, -0.1) is 0 Å². The average molecular weight is 287 g/mol. The van der Waals surface area contributed by atoms with E-state index in [2.05, 4.69) is 4.98 Å². The SMILES string of the molecule is COc1cc(C)nc(COc2ccc(C(C)O)cc2C)c1. The summed E-state index contributed by atoms with van der Waals surface area (Å²) in [5.41, 5.74) is 3.60. The van der Waals surface area contributed by atoms with Crippen LogP contribution in [0.25, 0.3) is 0 Å². The second-order valence-electron chi connectivity index (χ2n) is 5.13. The Morgan fingerprint density at radius 1 is 1.19 bits per heavy atom. The molecule has 1 atom stereocenters. The first kappa shape index (κ1) is 15.3. The van der Waals surface area contributed by atoms with Gasteiger partial charge in [0.15, 0.2) is 0 Å². The van der Waals surface area contributed by atoms with Gasteiger partial charge in [0.1, 0.15) is 18.1 Å². The summed E-state index contributed by atoms with van der Waals surface area (Å²) in [5.74, 6) is 1.57. The molecule has 112 valence electrons. The van der Waals surface area contributed by atoms with E-state index in [4.69, 9.17) is 9.47 Å². The minimum absolute atomic E-state index is 0.382. The van der Waals surface area contributed by atoms with Crippen molar-refractivity contribution in [1.29, 1.82) is 0 Å². The molecule has 0 bridgehead atoms. The molecule has 0 radical (unpaired) electrons. The molecule has 4 heteroatoms. The smallest absolute Gasteiger partial charge is 0.130 e. The van der Waals surface area contributed by atoms with Crippen molar-refractivity contribution in [3.05, 3.63) is 52.8 Å². The number of aryl methyl sites for hydroxylation is 2. The highest BCUT2D eigenvalue weighted by Crippen LogP contribution is 2.24. The van der Waals surface area contributed by atoms with Crippen molar-refractivity contribution < 1.29 is 14.6 Å². The van der Waals surface area contributed by atoms with Crippen LogP contribution in [0.3, 0.4) is 0 Å². The van der Waals surface area contributed by atoms with E-state index in [1.807, 2.05) is 44.2 Å². The van der Waals surface area contributed by atoms with Crippen LogP contribution in [0, 0.1) is 13.8 Å². The molecule has 0 aliphatic carbocycles. The van der Waals surface area contributed by atoms with E-state index < -0.39 is 6.10 Å². The molecule has 1 aromatic carbocycles. The summed E-state index contributed by atoms with van der Waals surface area (Å²) >= 11 is 0. The molecule has 21 heavy (non-hydrogen) atoms. The van der Waals surface area contributed by atoms with Crippen LogP contribution >= 0.6 is 0 Å². The first-order chi connectivity index (χ1) is 9.99. The molecule has 0 fully saturated rings. The standard InChI is InChI=1S/C17H21NO3/c1-11-7-14(13(3)19)5-6-17(11)21-10-15-9-16(20-4)8-12(2)18-15/h5-9,13,19H,10H2,1-4H3. The van der Waals surface area contributed by atoms with Crippen molar-refractivity contribution in [2.24, 2.45) is 0 Å². The van der Waals surface area contributed by atoms with Gasteiger partial charge in [-0.25, -0.2) is 0 Å². The number of benzene rings is 1. The Kier molecular flexibility index (Phi) is 4.81. The van der Waals surface area contributed by atoms with Gasteiger partial charge in [0.25, 0.3) is 0 Å². The van der Waals surface area contributed by atoms with Crippen molar-refractivity contribution in [1.82, 2.24) is 4.98 Å². The van der Waals surface area contributed by atoms with Gasteiger partial charge in [-0.2, -0.15) is 0 Å². The first-order valence-electron chi connectivity index (χ1n) is 6.92. The number of pyridine rings is 1. The Balaban J connectivity index is 2.11. The lowest BCUT2D eigenvalue weighted by molar-refractivity contribution is 0.199. The predicted octanol–water partition coefficient (Wildman–Crippen LogP) is 3.34. The maximum Gasteiger partial charge on any atom is 0.130 e. The molecule has 1 heterocycles. The number of methoxy groups -OCH3 is 1. The largest absolute Gasteiger partial charge is 0.497 e. The van der Waals surface area contributed by atoms with Gasteiger partial charge in [-0.05, 0) is 44.0 Å². The summed E-state index contributed by atoms with van der Waals surface area (Å²) < 4.78 is 11.0. The van der Waals surface area contributed by atoms with E-state index in [1.54, 1.807) is 14.0 Å². The number of aromatic nitrogens is 1. The van der Waals surface area contributed by atoms with Crippen molar-refractivity contribution in [2.75, 3.05) is 7.11 Å². The third-order valence-electron chi connectivity index (χ3n) is 3.27. The third-order valence-corrected chi connectivity index (χ3v) is 3.27. The average Bonchev–Trinajstić information content (AvgIpc) is 2.45. The Hall–Kier alpha value is -2.07. The zero-order valence-electron chi connectivity index (χ0n) is 12.9. The number of hydrogen-bond acceptors (Lipinski definition) is 4. The van der Waals surface area contributed by atoms with Gasteiger partial charge in [0.05, 0.1) is 18.9 Å². The fourth-order valence-corrected chi connectivity index (χ4v) is 2.14. The van der Waals surface area contributed by atoms with E-state index >= 15 is 0 Å². The highest BCUT2D eigenvalue weighted by Gasteiger charge is 2.07. The molecule has 1 aromatic heterocycles. The lowest BCUT2D eigenvalue weighted by Gasteiger charge is -2.12. The molecule has 2 aromatic rings. The number of nitrogens with zero attached hydrogens (tertiary/aromatic N) is 1. The van der Waals surface area contributed by atoms with Crippen LogP contribution in [0.4, 0.5) is 0 Å². The summed E-state index contributed by atoms with van der Waals surface area (Å²) in [6.07, 6.45) is -0.472. The second-order valence-corrected chi connectivity index (χ2v) is 5.13. The maximum absolute atomic E-state index is 9.57. The first-order valence-corrected chi connectivity index (χ1v) is 6.92. The van der Waals surface area contributed by atoms with E-state index in [1.165, 1.54) is 0 Å². The zero-order valence-corrected chi connectivity index (χ0v) is 12.9. The molecule has 4 nitrogen and oxygen atoms in total. The molecular formula is C17H21NO3.